The molecule has 2 atom stereocenters. The molecular formula is C16H25NO. The lowest BCUT2D eigenvalue weighted by atomic mass is 9.83. The predicted molar refractivity (Wildman–Crippen MR) is 75.9 cm³/mol. The molecule has 18 heavy (non-hydrogen) atoms. The van der Waals surface area contributed by atoms with Crippen LogP contribution < -0.4 is 10.1 Å². The van der Waals surface area contributed by atoms with Gasteiger partial charge >= 0.3 is 0 Å². The van der Waals surface area contributed by atoms with E-state index in [9.17, 15) is 0 Å². The minimum Gasteiger partial charge on any atom is -0.497 e. The smallest absolute Gasteiger partial charge is 0.118 e. The minimum atomic E-state index is 0.714. The highest BCUT2D eigenvalue weighted by Gasteiger charge is 2.22. The Balaban J connectivity index is 1.85. The monoisotopic (exact) mass is 247 g/mol. The van der Waals surface area contributed by atoms with Gasteiger partial charge in [0, 0.05) is 12.6 Å². The Morgan fingerprint density at radius 2 is 1.89 bits per heavy atom. The fourth-order valence-electron chi connectivity index (χ4n) is 2.96. The molecule has 1 aromatic rings. The lowest BCUT2D eigenvalue weighted by Crippen LogP contribution is -2.37. The Kier molecular flexibility index (Phi) is 5.06. The molecule has 0 heterocycles. The molecule has 1 fully saturated rings. The van der Waals surface area contributed by atoms with E-state index in [1.807, 2.05) is 12.1 Å². The number of benzene rings is 1. The second-order valence-electron chi connectivity index (χ2n) is 5.29. The van der Waals surface area contributed by atoms with Crippen LogP contribution in [0.4, 0.5) is 0 Å². The van der Waals surface area contributed by atoms with E-state index in [0.29, 0.717) is 6.04 Å². The van der Waals surface area contributed by atoms with Crippen LogP contribution in [-0.4, -0.2) is 13.2 Å². The molecule has 1 N–H and O–H groups in total. The first-order valence-corrected chi connectivity index (χ1v) is 7.19. The van der Waals surface area contributed by atoms with Crippen molar-refractivity contribution in [2.75, 3.05) is 7.11 Å². The molecule has 1 aliphatic rings. The first-order valence-electron chi connectivity index (χ1n) is 7.19. The summed E-state index contributed by atoms with van der Waals surface area (Å²) in [6, 6.07) is 9.08. The van der Waals surface area contributed by atoms with Gasteiger partial charge in [-0.05, 0) is 36.5 Å². The van der Waals surface area contributed by atoms with Crippen molar-refractivity contribution in [3.05, 3.63) is 29.8 Å². The van der Waals surface area contributed by atoms with Gasteiger partial charge in [0.15, 0.2) is 0 Å². The molecule has 0 aromatic heterocycles. The van der Waals surface area contributed by atoms with Gasteiger partial charge in [-0.15, -0.1) is 0 Å². The number of methoxy groups -OCH3 is 1. The van der Waals surface area contributed by atoms with Gasteiger partial charge < -0.3 is 10.1 Å². The molecule has 1 aromatic carbocycles. The third kappa shape index (κ3) is 3.49. The molecule has 0 bridgehead atoms. The maximum atomic E-state index is 5.18. The van der Waals surface area contributed by atoms with Crippen molar-refractivity contribution in [1.82, 2.24) is 5.32 Å². The molecule has 0 aliphatic heterocycles. The molecule has 100 valence electrons. The van der Waals surface area contributed by atoms with E-state index >= 15 is 0 Å². The number of hydrogen-bond acceptors (Lipinski definition) is 2. The fraction of sp³-hybridized carbons (Fsp3) is 0.625. The standard InChI is InChI=1S/C16H25NO/c1-3-14-6-4-5-7-16(14)17-12-13-8-10-15(18-2)11-9-13/h8-11,14,16-17H,3-7,12H2,1-2H3. The van der Waals surface area contributed by atoms with Crippen molar-refractivity contribution in [2.24, 2.45) is 5.92 Å². The van der Waals surface area contributed by atoms with Crippen molar-refractivity contribution < 1.29 is 4.74 Å². The molecular weight excluding hydrogens is 222 g/mol. The zero-order valence-corrected chi connectivity index (χ0v) is 11.6. The maximum absolute atomic E-state index is 5.18. The van der Waals surface area contributed by atoms with Crippen LogP contribution in [0.1, 0.15) is 44.6 Å². The van der Waals surface area contributed by atoms with Gasteiger partial charge in [0.1, 0.15) is 5.75 Å². The summed E-state index contributed by atoms with van der Waals surface area (Å²) < 4.78 is 5.18. The van der Waals surface area contributed by atoms with Gasteiger partial charge in [0.25, 0.3) is 0 Å². The number of hydrogen-bond donors (Lipinski definition) is 1. The topological polar surface area (TPSA) is 21.3 Å². The highest BCUT2D eigenvalue weighted by molar-refractivity contribution is 5.27. The Hall–Kier alpha value is -1.02. The van der Waals surface area contributed by atoms with Crippen LogP contribution in [0.3, 0.4) is 0 Å². The average molecular weight is 247 g/mol. The molecule has 2 nitrogen and oxygen atoms in total. The number of nitrogens with one attached hydrogen (secondary N) is 1. The Morgan fingerprint density at radius 3 is 2.56 bits per heavy atom. The van der Waals surface area contributed by atoms with Crippen LogP contribution >= 0.6 is 0 Å². The van der Waals surface area contributed by atoms with Crippen molar-refractivity contribution >= 4 is 0 Å². The Labute approximate surface area is 111 Å². The maximum Gasteiger partial charge on any atom is 0.118 e. The lowest BCUT2D eigenvalue weighted by molar-refractivity contribution is 0.254. The van der Waals surface area contributed by atoms with Gasteiger partial charge in [-0.2, -0.15) is 0 Å². The normalized spacial score (nSPS) is 23.9. The van der Waals surface area contributed by atoms with Gasteiger partial charge in [0.2, 0.25) is 0 Å². The van der Waals surface area contributed by atoms with E-state index in [1.165, 1.54) is 37.7 Å². The molecule has 0 radical (unpaired) electrons. The molecule has 2 unspecified atom stereocenters. The number of ether oxygens (including phenoxy) is 1. The van der Waals surface area contributed by atoms with E-state index in [2.05, 4.69) is 24.4 Å². The molecule has 0 amide bonds. The van der Waals surface area contributed by atoms with Gasteiger partial charge in [0.05, 0.1) is 7.11 Å². The van der Waals surface area contributed by atoms with E-state index in [0.717, 1.165) is 18.2 Å². The van der Waals surface area contributed by atoms with E-state index in [4.69, 9.17) is 4.74 Å². The van der Waals surface area contributed by atoms with Crippen molar-refractivity contribution in [3.63, 3.8) is 0 Å². The molecule has 2 heteroatoms. The van der Waals surface area contributed by atoms with Crippen molar-refractivity contribution in [1.29, 1.82) is 0 Å². The van der Waals surface area contributed by atoms with Crippen LogP contribution in [-0.2, 0) is 6.54 Å². The highest BCUT2D eigenvalue weighted by atomic mass is 16.5. The summed E-state index contributed by atoms with van der Waals surface area (Å²) in [6.07, 6.45) is 6.85. The largest absolute Gasteiger partial charge is 0.497 e. The fourth-order valence-corrected chi connectivity index (χ4v) is 2.96. The van der Waals surface area contributed by atoms with Crippen LogP contribution in [0.2, 0.25) is 0 Å². The second-order valence-corrected chi connectivity index (χ2v) is 5.29. The van der Waals surface area contributed by atoms with Crippen LogP contribution in [0.25, 0.3) is 0 Å². The molecule has 1 aliphatic carbocycles. The molecule has 2 rings (SSSR count). The first kappa shape index (κ1) is 13.4. The highest BCUT2D eigenvalue weighted by Crippen LogP contribution is 2.27. The quantitative estimate of drug-likeness (QED) is 0.855. The molecule has 0 saturated heterocycles. The SMILES string of the molecule is CCC1CCCCC1NCc1ccc(OC)cc1. The minimum absolute atomic E-state index is 0.714. The lowest BCUT2D eigenvalue weighted by Gasteiger charge is -2.31. The van der Waals surface area contributed by atoms with Crippen molar-refractivity contribution in [3.8, 4) is 5.75 Å². The van der Waals surface area contributed by atoms with Gasteiger partial charge in [-0.3, -0.25) is 0 Å². The average Bonchev–Trinajstić information content (AvgIpc) is 2.46. The summed E-state index contributed by atoms with van der Waals surface area (Å²) in [5, 5.41) is 3.74. The van der Waals surface area contributed by atoms with E-state index in [-0.39, 0.29) is 0 Å². The van der Waals surface area contributed by atoms with Gasteiger partial charge in [-0.25, -0.2) is 0 Å². The zero-order chi connectivity index (χ0) is 12.8. The third-order valence-electron chi connectivity index (χ3n) is 4.16. The van der Waals surface area contributed by atoms with Gasteiger partial charge in [-0.1, -0.05) is 38.3 Å². The second kappa shape index (κ2) is 6.79. The molecule has 1 saturated carbocycles. The van der Waals surface area contributed by atoms with E-state index < -0.39 is 0 Å². The van der Waals surface area contributed by atoms with Crippen molar-refractivity contribution in [2.45, 2.75) is 51.6 Å². The summed E-state index contributed by atoms with van der Waals surface area (Å²) in [5.41, 5.74) is 1.34. The third-order valence-corrected chi connectivity index (χ3v) is 4.16. The van der Waals surface area contributed by atoms with E-state index in [1.54, 1.807) is 7.11 Å². The number of rotatable bonds is 5. The summed E-state index contributed by atoms with van der Waals surface area (Å²) in [7, 11) is 1.71. The summed E-state index contributed by atoms with van der Waals surface area (Å²) in [6.45, 7) is 3.29. The van der Waals surface area contributed by atoms with Crippen LogP contribution in [0, 0.1) is 5.92 Å². The predicted octanol–water partition coefficient (Wildman–Crippen LogP) is 3.75. The zero-order valence-electron chi connectivity index (χ0n) is 11.6. The van der Waals surface area contributed by atoms with Crippen LogP contribution in [0.5, 0.6) is 5.75 Å². The first-order chi connectivity index (χ1) is 8.83. The summed E-state index contributed by atoms with van der Waals surface area (Å²) >= 11 is 0. The summed E-state index contributed by atoms with van der Waals surface area (Å²) in [5.74, 6) is 1.81. The molecule has 0 spiro atoms. The van der Waals surface area contributed by atoms with Crippen LogP contribution in [0.15, 0.2) is 24.3 Å². The Morgan fingerprint density at radius 1 is 1.17 bits per heavy atom. The summed E-state index contributed by atoms with van der Waals surface area (Å²) in [4.78, 5) is 0. The Bertz CT molecular complexity index is 347.